The van der Waals surface area contributed by atoms with Gasteiger partial charge in [0.2, 0.25) is 0 Å². The van der Waals surface area contributed by atoms with Crippen molar-refractivity contribution in [2.24, 2.45) is 11.8 Å². The molecule has 2 fully saturated rings. The second kappa shape index (κ2) is 5.68. The minimum Gasteiger partial charge on any atom is -0.390 e. The summed E-state index contributed by atoms with van der Waals surface area (Å²) in [5, 5.41) is 10.7. The first-order valence-corrected chi connectivity index (χ1v) is 7.56. The lowest BCUT2D eigenvalue weighted by Crippen LogP contribution is -2.53. The third-order valence-corrected chi connectivity index (χ3v) is 4.88. The average Bonchev–Trinajstić information content (AvgIpc) is 2.48. The Morgan fingerprint density at radius 1 is 1.45 bits per heavy atom. The zero-order valence-corrected chi connectivity index (χ0v) is 11.9. The first-order valence-electron chi connectivity index (χ1n) is 7.56. The van der Waals surface area contributed by atoms with Crippen LogP contribution in [0.15, 0.2) is 18.3 Å². The van der Waals surface area contributed by atoms with Gasteiger partial charge in [0, 0.05) is 31.7 Å². The van der Waals surface area contributed by atoms with Crippen LogP contribution in [0.25, 0.3) is 0 Å². The van der Waals surface area contributed by atoms with Crippen LogP contribution in [0.3, 0.4) is 0 Å². The van der Waals surface area contributed by atoms with Crippen molar-refractivity contribution >= 4 is 5.69 Å². The van der Waals surface area contributed by atoms with E-state index in [1.165, 1.54) is 12.8 Å². The molecule has 3 rings (SSSR count). The number of pyridine rings is 1. The fourth-order valence-corrected chi connectivity index (χ4v) is 3.67. The van der Waals surface area contributed by atoms with Gasteiger partial charge < -0.3 is 10.5 Å². The molecule has 0 spiro atoms. The number of piperidine rings is 1. The molecular formula is C15H24N4O. The Morgan fingerprint density at radius 2 is 2.35 bits per heavy atom. The van der Waals surface area contributed by atoms with Crippen molar-refractivity contribution in [3.8, 4) is 0 Å². The number of anilines is 1. The fraction of sp³-hybridized carbons (Fsp3) is 0.667. The lowest BCUT2D eigenvalue weighted by molar-refractivity contribution is -0.0969. The van der Waals surface area contributed by atoms with E-state index in [1.807, 2.05) is 12.1 Å². The number of nitrogens with zero attached hydrogens (tertiary/aromatic N) is 2. The fourth-order valence-electron chi connectivity index (χ4n) is 3.67. The minimum atomic E-state index is -0.400. The van der Waals surface area contributed by atoms with E-state index in [4.69, 9.17) is 5.84 Å². The maximum atomic E-state index is 10.7. The maximum Gasteiger partial charge on any atom is 0.0700 e. The first-order chi connectivity index (χ1) is 9.69. The second-order valence-corrected chi connectivity index (χ2v) is 6.21. The maximum absolute atomic E-state index is 10.7. The summed E-state index contributed by atoms with van der Waals surface area (Å²) in [5.74, 6) is 5.86. The van der Waals surface area contributed by atoms with Crippen molar-refractivity contribution < 1.29 is 5.11 Å². The largest absolute Gasteiger partial charge is 0.390 e. The highest BCUT2D eigenvalue weighted by Gasteiger charge is 2.42. The Labute approximate surface area is 120 Å². The lowest BCUT2D eigenvalue weighted by atomic mass is 9.71. The van der Waals surface area contributed by atoms with Crippen LogP contribution in [-0.2, 0) is 6.54 Å². The summed E-state index contributed by atoms with van der Waals surface area (Å²) < 4.78 is 0. The van der Waals surface area contributed by atoms with Crippen LogP contribution in [-0.4, -0.2) is 33.7 Å². The summed E-state index contributed by atoms with van der Waals surface area (Å²) in [7, 11) is 0. The van der Waals surface area contributed by atoms with E-state index in [0.717, 1.165) is 50.3 Å². The third kappa shape index (κ3) is 2.80. The number of nitrogen functional groups attached to an aromatic ring is 1. The molecule has 0 radical (unpaired) electrons. The van der Waals surface area contributed by atoms with Gasteiger partial charge >= 0.3 is 0 Å². The second-order valence-electron chi connectivity index (χ2n) is 6.21. The summed E-state index contributed by atoms with van der Waals surface area (Å²) in [6.07, 6.45) is 7.25. The number of hydrogen-bond acceptors (Lipinski definition) is 5. The monoisotopic (exact) mass is 276 g/mol. The van der Waals surface area contributed by atoms with Crippen molar-refractivity contribution in [2.45, 2.75) is 44.2 Å². The highest BCUT2D eigenvalue weighted by Crippen LogP contribution is 2.39. The highest BCUT2D eigenvalue weighted by molar-refractivity contribution is 5.41. The van der Waals surface area contributed by atoms with Gasteiger partial charge in [-0.25, -0.2) is 0 Å². The molecule has 1 aliphatic carbocycles. The van der Waals surface area contributed by atoms with Crippen LogP contribution in [0.1, 0.15) is 37.8 Å². The molecule has 0 bridgehead atoms. The van der Waals surface area contributed by atoms with Gasteiger partial charge in [-0.3, -0.25) is 15.7 Å². The number of aromatic nitrogens is 1. The van der Waals surface area contributed by atoms with Crippen LogP contribution in [0.2, 0.25) is 0 Å². The number of hydrazine groups is 1. The smallest absolute Gasteiger partial charge is 0.0700 e. The molecule has 110 valence electrons. The molecule has 2 heterocycles. The molecule has 20 heavy (non-hydrogen) atoms. The summed E-state index contributed by atoms with van der Waals surface area (Å²) in [5.41, 5.74) is 4.18. The molecule has 0 amide bonds. The lowest BCUT2D eigenvalue weighted by Gasteiger charge is -2.47. The minimum absolute atomic E-state index is 0.400. The molecule has 1 saturated carbocycles. The van der Waals surface area contributed by atoms with Gasteiger partial charge in [0.15, 0.2) is 0 Å². The number of nitrogens with two attached hydrogens (primary N) is 1. The van der Waals surface area contributed by atoms with E-state index in [-0.39, 0.29) is 0 Å². The van der Waals surface area contributed by atoms with Gasteiger partial charge in [0.1, 0.15) is 0 Å². The van der Waals surface area contributed by atoms with Crippen molar-refractivity contribution in [3.05, 3.63) is 24.0 Å². The van der Waals surface area contributed by atoms with Gasteiger partial charge in [-0.15, -0.1) is 0 Å². The molecule has 1 aliphatic heterocycles. The van der Waals surface area contributed by atoms with Crippen LogP contribution >= 0.6 is 0 Å². The first kappa shape index (κ1) is 13.8. The molecule has 1 aromatic heterocycles. The highest BCUT2D eigenvalue weighted by atomic mass is 16.3. The van der Waals surface area contributed by atoms with E-state index < -0.39 is 5.60 Å². The summed E-state index contributed by atoms with van der Waals surface area (Å²) >= 11 is 0. The zero-order valence-electron chi connectivity index (χ0n) is 11.9. The number of nitrogens with one attached hydrogen (secondary N) is 1. The summed E-state index contributed by atoms with van der Waals surface area (Å²) in [4.78, 5) is 6.81. The number of aliphatic hydroxyl groups is 1. The zero-order chi connectivity index (χ0) is 14.0. The quantitative estimate of drug-likeness (QED) is 0.576. The SMILES string of the molecule is NNc1ccnc(CN2CCC3(O)CCCCC3C2)c1. The topological polar surface area (TPSA) is 74.4 Å². The molecule has 5 nitrogen and oxygen atoms in total. The van der Waals surface area contributed by atoms with E-state index in [1.54, 1.807) is 6.20 Å². The molecule has 4 N–H and O–H groups in total. The molecule has 2 unspecified atom stereocenters. The molecule has 2 atom stereocenters. The standard InChI is InChI=1S/C15H24N4O/c16-18-13-4-7-17-14(9-13)11-19-8-6-15(20)5-2-1-3-12(15)10-19/h4,7,9,12,20H,1-3,5-6,8,10-11,16H2,(H,17,18). The van der Waals surface area contributed by atoms with E-state index in [9.17, 15) is 5.11 Å². The molecule has 1 aromatic rings. The van der Waals surface area contributed by atoms with E-state index in [2.05, 4.69) is 15.3 Å². The van der Waals surface area contributed by atoms with E-state index >= 15 is 0 Å². The van der Waals surface area contributed by atoms with Crippen LogP contribution in [0, 0.1) is 5.92 Å². The Kier molecular flexibility index (Phi) is 3.92. The number of rotatable bonds is 3. The van der Waals surface area contributed by atoms with Crippen molar-refractivity contribution in [1.82, 2.24) is 9.88 Å². The van der Waals surface area contributed by atoms with Crippen molar-refractivity contribution in [3.63, 3.8) is 0 Å². The molecule has 5 heteroatoms. The molecule has 1 saturated heterocycles. The summed E-state index contributed by atoms with van der Waals surface area (Å²) in [6.45, 7) is 2.77. The van der Waals surface area contributed by atoms with Crippen LogP contribution < -0.4 is 11.3 Å². The molecular weight excluding hydrogens is 252 g/mol. The number of fused-ring (bicyclic) bond motifs is 1. The van der Waals surface area contributed by atoms with Gasteiger partial charge in [-0.2, -0.15) is 0 Å². The predicted molar refractivity (Wildman–Crippen MR) is 78.8 cm³/mol. The molecule has 0 aromatic carbocycles. The van der Waals surface area contributed by atoms with Gasteiger partial charge in [0.05, 0.1) is 17.0 Å². The van der Waals surface area contributed by atoms with Crippen LogP contribution in [0.4, 0.5) is 5.69 Å². The van der Waals surface area contributed by atoms with Gasteiger partial charge in [-0.1, -0.05) is 12.8 Å². The van der Waals surface area contributed by atoms with Crippen molar-refractivity contribution in [2.75, 3.05) is 18.5 Å². The van der Waals surface area contributed by atoms with Gasteiger partial charge in [-0.05, 0) is 31.4 Å². The number of hydrogen-bond donors (Lipinski definition) is 3. The predicted octanol–water partition coefficient (Wildman–Crippen LogP) is 1.49. The Morgan fingerprint density at radius 3 is 3.20 bits per heavy atom. The number of likely N-dealkylation sites (tertiary alicyclic amines) is 1. The Balaban J connectivity index is 1.64. The average molecular weight is 276 g/mol. The third-order valence-electron chi connectivity index (χ3n) is 4.88. The van der Waals surface area contributed by atoms with Crippen molar-refractivity contribution in [1.29, 1.82) is 0 Å². The normalized spacial score (nSPS) is 30.8. The summed E-state index contributed by atoms with van der Waals surface area (Å²) in [6, 6.07) is 3.85. The Bertz CT molecular complexity index is 467. The van der Waals surface area contributed by atoms with Crippen LogP contribution in [0.5, 0.6) is 0 Å². The molecule has 2 aliphatic rings. The van der Waals surface area contributed by atoms with E-state index in [0.29, 0.717) is 5.92 Å². The van der Waals surface area contributed by atoms with Gasteiger partial charge in [0.25, 0.3) is 0 Å². The Hall–Kier alpha value is -1.17.